The minimum absolute atomic E-state index is 0.103. The van der Waals surface area contributed by atoms with E-state index < -0.39 is 18.4 Å². The van der Waals surface area contributed by atoms with E-state index in [2.05, 4.69) is 0 Å². The summed E-state index contributed by atoms with van der Waals surface area (Å²) < 4.78 is 24.7. The molecule has 2 aromatic carbocycles. The zero-order chi connectivity index (χ0) is 16.4. The monoisotopic (exact) mass is 315 g/mol. The molecule has 1 aliphatic rings. The maximum absolute atomic E-state index is 13.9. The van der Waals surface area contributed by atoms with Gasteiger partial charge in [-0.15, -0.1) is 0 Å². The molecule has 2 aromatic rings. The third kappa shape index (κ3) is 2.63. The molecule has 1 aliphatic heterocycles. The highest BCUT2D eigenvalue weighted by molar-refractivity contribution is 5.90. The maximum atomic E-state index is 13.9. The largest absolute Gasteiger partial charge is 0.496 e. The Balaban J connectivity index is 1.99. The molecular formula is C18H18FNO3. The first kappa shape index (κ1) is 15.3. The van der Waals surface area contributed by atoms with Crippen LogP contribution in [-0.2, 0) is 10.3 Å². The van der Waals surface area contributed by atoms with E-state index in [1.54, 1.807) is 24.3 Å². The molecule has 1 saturated heterocycles. The standard InChI is InChI=1S/C18H18FNO3/c1-13-7-9-14(10-8-13)20-12-18(11-19,23-17(20)21)15-5-3-4-6-16(15)22-2/h3-10H,11-12H2,1-2H3/t18-/m1/s1. The van der Waals surface area contributed by atoms with Gasteiger partial charge in [-0.2, -0.15) is 0 Å². The van der Waals surface area contributed by atoms with Gasteiger partial charge in [0.15, 0.2) is 5.60 Å². The molecule has 1 fully saturated rings. The minimum Gasteiger partial charge on any atom is -0.496 e. The summed E-state index contributed by atoms with van der Waals surface area (Å²) in [6, 6.07) is 14.5. The molecule has 4 nitrogen and oxygen atoms in total. The highest BCUT2D eigenvalue weighted by Crippen LogP contribution is 2.40. The Morgan fingerprint density at radius 3 is 2.57 bits per heavy atom. The number of halogens is 1. The SMILES string of the molecule is COc1ccccc1[C@@]1(CF)CN(c2ccc(C)cc2)C(=O)O1. The van der Waals surface area contributed by atoms with E-state index in [1.807, 2.05) is 31.2 Å². The summed E-state index contributed by atoms with van der Waals surface area (Å²) in [5, 5.41) is 0. The molecule has 0 saturated carbocycles. The number of methoxy groups -OCH3 is 1. The second-order valence-corrected chi connectivity index (χ2v) is 5.62. The molecule has 5 heteroatoms. The van der Waals surface area contributed by atoms with Crippen LogP contribution in [0.4, 0.5) is 14.9 Å². The first-order valence-corrected chi connectivity index (χ1v) is 7.36. The van der Waals surface area contributed by atoms with Gasteiger partial charge in [0.1, 0.15) is 12.4 Å². The molecule has 0 radical (unpaired) electrons. The van der Waals surface area contributed by atoms with Crippen LogP contribution in [-0.4, -0.2) is 26.4 Å². The van der Waals surface area contributed by atoms with Gasteiger partial charge in [0.25, 0.3) is 0 Å². The number of rotatable bonds is 4. The number of cyclic esters (lactones) is 1. The van der Waals surface area contributed by atoms with Crippen molar-refractivity contribution in [3.8, 4) is 5.75 Å². The summed E-state index contributed by atoms with van der Waals surface area (Å²) in [6.45, 7) is 1.25. The number of carbonyl (C=O) groups is 1. The van der Waals surface area contributed by atoms with Crippen LogP contribution in [0.1, 0.15) is 11.1 Å². The molecule has 1 amide bonds. The Labute approximate surface area is 134 Å². The van der Waals surface area contributed by atoms with Crippen LogP contribution in [0.5, 0.6) is 5.75 Å². The average Bonchev–Trinajstić information content (AvgIpc) is 2.93. The number of carbonyl (C=O) groups excluding carboxylic acids is 1. The first-order valence-electron chi connectivity index (χ1n) is 7.36. The van der Waals surface area contributed by atoms with E-state index in [9.17, 15) is 9.18 Å². The van der Waals surface area contributed by atoms with Gasteiger partial charge >= 0.3 is 6.09 Å². The van der Waals surface area contributed by atoms with Crippen molar-refractivity contribution in [3.05, 3.63) is 59.7 Å². The Hall–Kier alpha value is -2.56. The van der Waals surface area contributed by atoms with E-state index in [1.165, 1.54) is 12.0 Å². The van der Waals surface area contributed by atoms with Crippen molar-refractivity contribution >= 4 is 11.8 Å². The molecule has 0 spiro atoms. The molecule has 120 valence electrons. The summed E-state index contributed by atoms with van der Waals surface area (Å²) in [5.74, 6) is 0.503. The van der Waals surface area contributed by atoms with Crippen molar-refractivity contribution in [2.45, 2.75) is 12.5 Å². The second kappa shape index (κ2) is 5.91. The van der Waals surface area contributed by atoms with E-state index in [-0.39, 0.29) is 6.54 Å². The highest BCUT2D eigenvalue weighted by Gasteiger charge is 2.49. The fraction of sp³-hybridized carbons (Fsp3) is 0.278. The van der Waals surface area contributed by atoms with Gasteiger partial charge < -0.3 is 9.47 Å². The van der Waals surface area contributed by atoms with Gasteiger partial charge in [-0.25, -0.2) is 9.18 Å². The fourth-order valence-electron chi connectivity index (χ4n) is 2.80. The van der Waals surface area contributed by atoms with Crippen LogP contribution in [0, 0.1) is 6.92 Å². The molecule has 0 aliphatic carbocycles. The Morgan fingerprint density at radius 1 is 1.22 bits per heavy atom. The minimum atomic E-state index is -1.35. The third-order valence-electron chi connectivity index (χ3n) is 4.08. The molecule has 0 bridgehead atoms. The zero-order valence-electron chi connectivity index (χ0n) is 13.1. The Morgan fingerprint density at radius 2 is 1.91 bits per heavy atom. The number of hydrogen-bond acceptors (Lipinski definition) is 3. The average molecular weight is 315 g/mol. The lowest BCUT2D eigenvalue weighted by Crippen LogP contribution is -2.34. The lowest BCUT2D eigenvalue weighted by Gasteiger charge is -2.25. The number of benzene rings is 2. The van der Waals surface area contributed by atoms with Crippen molar-refractivity contribution in [2.24, 2.45) is 0 Å². The number of ether oxygens (including phenoxy) is 2. The van der Waals surface area contributed by atoms with Crippen LogP contribution >= 0.6 is 0 Å². The topological polar surface area (TPSA) is 38.8 Å². The molecule has 0 unspecified atom stereocenters. The number of hydrogen-bond donors (Lipinski definition) is 0. The summed E-state index contributed by atoms with van der Waals surface area (Å²) in [5.41, 5.74) is 0.954. The van der Waals surface area contributed by atoms with Gasteiger partial charge in [-0.1, -0.05) is 35.9 Å². The third-order valence-corrected chi connectivity index (χ3v) is 4.08. The van der Waals surface area contributed by atoms with Crippen LogP contribution in [0.25, 0.3) is 0 Å². The van der Waals surface area contributed by atoms with Crippen molar-refractivity contribution < 1.29 is 18.7 Å². The van der Waals surface area contributed by atoms with Crippen molar-refractivity contribution in [2.75, 3.05) is 25.2 Å². The highest BCUT2D eigenvalue weighted by atomic mass is 19.1. The predicted molar refractivity (Wildman–Crippen MR) is 85.7 cm³/mol. The molecule has 3 rings (SSSR count). The first-order chi connectivity index (χ1) is 11.1. The molecule has 1 heterocycles. The van der Waals surface area contributed by atoms with Crippen LogP contribution < -0.4 is 9.64 Å². The quantitative estimate of drug-likeness (QED) is 0.861. The van der Waals surface area contributed by atoms with E-state index in [0.717, 1.165) is 5.56 Å². The van der Waals surface area contributed by atoms with Crippen LogP contribution in [0.15, 0.2) is 48.5 Å². The van der Waals surface area contributed by atoms with Crippen molar-refractivity contribution in [1.82, 2.24) is 0 Å². The van der Waals surface area contributed by atoms with Crippen molar-refractivity contribution in [1.29, 1.82) is 0 Å². The van der Waals surface area contributed by atoms with Gasteiger partial charge in [0.05, 0.1) is 13.7 Å². The van der Waals surface area contributed by atoms with Crippen molar-refractivity contribution in [3.63, 3.8) is 0 Å². The molecule has 1 atom stereocenters. The van der Waals surface area contributed by atoms with E-state index in [4.69, 9.17) is 9.47 Å². The number of alkyl halides is 1. The van der Waals surface area contributed by atoms with Crippen LogP contribution in [0.3, 0.4) is 0 Å². The molecule has 23 heavy (non-hydrogen) atoms. The van der Waals surface area contributed by atoms with Gasteiger partial charge in [0, 0.05) is 11.3 Å². The number of amides is 1. The number of anilines is 1. The van der Waals surface area contributed by atoms with E-state index in [0.29, 0.717) is 17.0 Å². The smallest absolute Gasteiger partial charge is 0.415 e. The summed E-state index contributed by atoms with van der Waals surface area (Å²) >= 11 is 0. The summed E-state index contributed by atoms with van der Waals surface area (Å²) in [6.07, 6.45) is -0.558. The van der Waals surface area contributed by atoms with Gasteiger partial charge in [-0.05, 0) is 25.1 Å². The number of nitrogens with zero attached hydrogens (tertiary/aromatic N) is 1. The summed E-state index contributed by atoms with van der Waals surface area (Å²) in [4.78, 5) is 13.8. The Bertz CT molecular complexity index is 716. The number of aryl methyl sites for hydroxylation is 1. The molecular weight excluding hydrogens is 297 g/mol. The van der Waals surface area contributed by atoms with Crippen LogP contribution in [0.2, 0.25) is 0 Å². The van der Waals surface area contributed by atoms with E-state index >= 15 is 0 Å². The number of para-hydroxylation sites is 1. The lowest BCUT2D eigenvalue weighted by molar-refractivity contribution is 0.0305. The normalized spacial score (nSPS) is 20.5. The Kier molecular flexibility index (Phi) is 3.94. The summed E-state index contributed by atoms with van der Waals surface area (Å²) in [7, 11) is 1.51. The predicted octanol–water partition coefficient (Wildman–Crippen LogP) is 3.83. The molecule has 0 N–H and O–H groups in total. The van der Waals surface area contributed by atoms with Gasteiger partial charge in [0.2, 0.25) is 0 Å². The molecule has 0 aromatic heterocycles. The fourth-order valence-corrected chi connectivity index (χ4v) is 2.80. The second-order valence-electron chi connectivity index (χ2n) is 5.62. The van der Waals surface area contributed by atoms with Gasteiger partial charge in [-0.3, -0.25) is 4.90 Å². The maximum Gasteiger partial charge on any atom is 0.415 e. The zero-order valence-corrected chi connectivity index (χ0v) is 13.1. The lowest BCUT2D eigenvalue weighted by atomic mass is 9.94.